The van der Waals surface area contributed by atoms with E-state index in [4.69, 9.17) is 0 Å². The molecule has 0 amide bonds. The van der Waals surface area contributed by atoms with Crippen molar-refractivity contribution in [2.24, 2.45) is 0 Å². The maximum Gasteiger partial charge on any atom is 0.169 e. The van der Waals surface area contributed by atoms with Gasteiger partial charge in [0.1, 0.15) is 5.82 Å². The van der Waals surface area contributed by atoms with E-state index in [-0.39, 0.29) is 22.9 Å². The highest BCUT2D eigenvalue weighted by molar-refractivity contribution is 5.91. The van der Waals surface area contributed by atoms with Gasteiger partial charge in [-0.25, -0.2) is 22.0 Å². The van der Waals surface area contributed by atoms with Crippen LogP contribution >= 0.6 is 0 Å². The molecule has 5 heteroatoms. The van der Waals surface area contributed by atoms with E-state index in [1.165, 1.54) is 24.3 Å². The lowest BCUT2D eigenvalue weighted by Gasteiger charge is -2.10. The van der Waals surface area contributed by atoms with E-state index >= 15 is 0 Å². The van der Waals surface area contributed by atoms with Crippen LogP contribution < -0.4 is 0 Å². The maximum atomic E-state index is 14.8. The van der Waals surface area contributed by atoms with Crippen molar-refractivity contribution in [3.05, 3.63) is 94.8 Å². The van der Waals surface area contributed by atoms with Gasteiger partial charge < -0.3 is 0 Å². The average Bonchev–Trinajstić information content (AvgIpc) is 2.74. The molecule has 0 aromatic heterocycles. The van der Waals surface area contributed by atoms with Gasteiger partial charge in [0.15, 0.2) is 23.3 Å². The standard InChI is InChI=1S/C24H19F5/c1-3-5-6-14-7-9-16(10-8-14)21(26)23(28)18-12-11-17-13-15(4-2)20(25)24(29)19(17)22(18)27/h3,7-13H,1,4-6H2,2H3. The number of allylic oxidation sites excluding steroid dienone is 1. The Labute approximate surface area is 166 Å². The third-order valence-electron chi connectivity index (χ3n) is 4.85. The van der Waals surface area contributed by atoms with E-state index in [9.17, 15) is 22.0 Å². The monoisotopic (exact) mass is 402 g/mol. The quantitative estimate of drug-likeness (QED) is 0.225. The molecule has 0 saturated carbocycles. The van der Waals surface area contributed by atoms with Crippen LogP contribution in [-0.2, 0) is 12.8 Å². The molecule has 0 spiro atoms. The Hall–Kier alpha value is -2.95. The smallest absolute Gasteiger partial charge is 0.169 e. The second-order valence-electron chi connectivity index (χ2n) is 6.69. The van der Waals surface area contributed by atoms with Gasteiger partial charge in [0.2, 0.25) is 0 Å². The highest BCUT2D eigenvalue weighted by atomic mass is 19.2. The molecule has 150 valence electrons. The lowest BCUT2D eigenvalue weighted by atomic mass is 9.99. The van der Waals surface area contributed by atoms with E-state index in [0.29, 0.717) is 6.42 Å². The Morgan fingerprint density at radius 3 is 2.21 bits per heavy atom. The van der Waals surface area contributed by atoms with Gasteiger partial charge in [-0.2, -0.15) is 0 Å². The van der Waals surface area contributed by atoms with Crippen LogP contribution in [0, 0.1) is 17.5 Å². The summed E-state index contributed by atoms with van der Waals surface area (Å²) in [4.78, 5) is 0. The van der Waals surface area contributed by atoms with Crippen molar-refractivity contribution in [2.45, 2.75) is 26.2 Å². The molecular weight excluding hydrogens is 383 g/mol. The van der Waals surface area contributed by atoms with Gasteiger partial charge in [-0.15, -0.1) is 6.58 Å². The first-order valence-electron chi connectivity index (χ1n) is 9.24. The molecule has 0 N–H and O–H groups in total. The van der Waals surface area contributed by atoms with E-state index in [1.54, 1.807) is 25.1 Å². The van der Waals surface area contributed by atoms with Crippen LogP contribution in [0.25, 0.3) is 22.4 Å². The fourth-order valence-electron chi connectivity index (χ4n) is 3.19. The molecule has 3 aromatic carbocycles. The molecular formula is C24H19F5. The lowest BCUT2D eigenvalue weighted by Crippen LogP contribution is -1.99. The molecule has 0 nitrogen and oxygen atoms in total. The summed E-state index contributed by atoms with van der Waals surface area (Å²) in [5, 5.41) is -0.610. The normalized spacial score (nSPS) is 12.2. The topological polar surface area (TPSA) is 0 Å². The van der Waals surface area contributed by atoms with Gasteiger partial charge in [-0.1, -0.05) is 43.3 Å². The van der Waals surface area contributed by atoms with Crippen LogP contribution in [-0.4, -0.2) is 0 Å². The highest BCUT2D eigenvalue weighted by Crippen LogP contribution is 2.35. The van der Waals surface area contributed by atoms with Crippen LogP contribution in [0.3, 0.4) is 0 Å². The Bertz CT molecular complexity index is 1090. The predicted molar refractivity (Wildman–Crippen MR) is 107 cm³/mol. The van der Waals surface area contributed by atoms with E-state index in [0.717, 1.165) is 18.1 Å². The van der Waals surface area contributed by atoms with Gasteiger partial charge in [-0.3, -0.25) is 0 Å². The largest absolute Gasteiger partial charge is 0.205 e. The van der Waals surface area contributed by atoms with Crippen molar-refractivity contribution in [3.8, 4) is 0 Å². The second kappa shape index (κ2) is 8.60. The summed E-state index contributed by atoms with van der Waals surface area (Å²) < 4.78 is 72.6. The van der Waals surface area contributed by atoms with Crippen LogP contribution in [0.4, 0.5) is 22.0 Å². The molecule has 0 aliphatic heterocycles. The SMILES string of the molecule is C=CCCc1ccc(C(F)=C(F)c2ccc3cc(CC)c(F)c(F)c3c2F)cc1. The van der Waals surface area contributed by atoms with Crippen molar-refractivity contribution in [3.63, 3.8) is 0 Å². The van der Waals surface area contributed by atoms with Crippen LogP contribution in [0.5, 0.6) is 0 Å². The van der Waals surface area contributed by atoms with Crippen LogP contribution in [0.15, 0.2) is 55.1 Å². The van der Waals surface area contributed by atoms with E-state index in [2.05, 4.69) is 6.58 Å². The number of halogens is 5. The summed E-state index contributed by atoms with van der Waals surface area (Å²) in [6.07, 6.45) is 3.42. The number of rotatable bonds is 6. The van der Waals surface area contributed by atoms with Crippen molar-refractivity contribution in [1.29, 1.82) is 0 Å². The minimum Gasteiger partial charge on any atom is -0.205 e. The molecule has 0 bridgehead atoms. The Morgan fingerprint density at radius 1 is 0.897 bits per heavy atom. The zero-order valence-electron chi connectivity index (χ0n) is 15.8. The Balaban J connectivity index is 2.08. The van der Waals surface area contributed by atoms with Gasteiger partial charge in [0, 0.05) is 11.1 Å². The second-order valence-corrected chi connectivity index (χ2v) is 6.69. The highest BCUT2D eigenvalue weighted by Gasteiger charge is 2.22. The number of hydrogen-bond donors (Lipinski definition) is 0. The summed E-state index contributed by atoms with van der Waals surface area (Å²) in [7, 11) is 0. The minimum absolute atomic E-state index is 0.0719. The molecule has 0 unspecified atom stereocenters. The van der Waals surface area contributed by atoms with Crippen molar-refractivity contribution in [2.75, 3.05) is 0 Å². The molecule has 29 heavy (non-hydrogen) atoms. The number of benzene rings is 3. The molecule has 3 rings (SSSR count). The van der Waals surface area contributed by atoms with E-state index < -0.39 is 40.1 Å². The predicted octanol–water partition coefficient (Wildman–Crippen LogP) is 7.70. The third-order valence-corrected chi connectivity index (χ3v) is 4.85. The fourth-order valence-corrected chi connectivity index (χ4v) is 3.19. The average molecular weight is 402 g/mol. The summed E-state index contributed by atoms with van der Waals surface area (Å²) >= 11 is 0. The van der Waals surface area contributed by atoms with Crippen molar-refractivity contribution < 1.29 is 22.0 Å². The number of aryl methyl sites for hydroxylation is 2. The third kappa shape index (κ3) is 3.95. The van der Waals surface area contributed by atoms with Gasteiger partial charge in [-0.05, 0) is 47.9 Å². The maximum absolute atomic E-state index is 14.8. The molecule has 0 heterocycles. The van der Waals surface area contributed by atoms with Gasteiger partial charge in [0.25, 0.3) is 0 Å². The Kier molecular flexibility index (Phi) is 6.16. The van der Waals surface area contributed by atoms with Gasteiger partial charge in [0.05, 0.1) is 5.39 Å². The van der Waals surface area contributed by atoms with Crippen LogP contribution in [0.1, 0.15) is 35.6 Å². The first-order valence-corrected chi connectivity index (χ1v) is 9.24. The fraction of sp³-hybridized carbons (Fsp3) is 0.167. The Morgan fingerprint density at radius 2 is 1.59 bits per heavy atom. The summed E-state index contributed by atoms with van der Waals surface area (Å²) in [5.74, 6) is -6.67. The van der Waals surface area contributed by atoms with Crippen molar-refractivity contribution in [1.82, 2.24) is 0 Å². The molecule has 3 aromatic rings. The van der Waals surface area contributed by atoms with E-state index in [1.807, 2.05) is 0 Å². The zero-order valence-corrected chi connectivity index (χ0v) is 15.8. The first kappa shape index (κ1) is 20.8. The first-order chi connectivity index (χ1) is 13.9. The minimum atomic E-state index is -1.47. The summed E-state index contributed by atoms with van der Waals surface area (Å²) in [5.41, 5.74) is 0.175. The molecule has 0 radical (unpaired) electrons. The van der Waals surface area contributed by atoms with Crippen LogP contribution in [0.2, 0.25) is 0 Å². The summed E-state index contributed by atoms with van der Waals surface area (Å²) in [6, 6.07) is 9.65. The summed E-state index contributed by atoms with van der Waals surface area (Å²) in [6.45, 7) is 5.26. The molecule has 0 saturated heterocycles. The molecule has 0 atom stereocenters. The number of fused-ring (bicyclic) bond motifs is 1. The molecule has 0 aliphatic carbocycles. The van der Waals surface area contributed by atoms with Crippen molar-refractivity contribution >= 4 is 22.4 Å². The molecule has 0 aliphatic rings. The number of hydrogen-bond acceptors (Lipinski definition) is 0. The molecule has 0 fully saturated rings. The lowest BCUT2D eigenvalue weighted by molar-refractivity contribution is 0.503. The zero-order chi connectivity index (χ0) is 21.1. The van der Waals surface area contributed by atoms with Gasteiger partial charge >= 0.3 is 0 Å².